The highest BCUT2D eigenvalue weighted by atomic mass is 15.3. The van der Waals surface area contributed by atoms with Gasteiger partial charge in [-0.2, -0.15) is 5.10 Å². The van der Waals surface area contributed by atoms with Gasteiger partial charge >= 0.3 is 0 Å². The van der Waals surface area contributed by atoms with Crippen LogP contribution in [-0.4, -0.2) is 19.3 Å². The lowest BCUT2D eigenvalue weighted by atomic mass is 9.86. The maximum Gasteiger partial charge on any atom is 0.0977 e. The van der Waals surface area contributed by atoms with E-state index in [0.717, 1.165) is 23.5 Å². The van der Waals surface area contributed by atoms with Gasteiger partial charge in [0.1, 0.15) is 0 Å². The van der Waals surface area contributed by atoms with Crippen LogP contribution < -0.4 is 0 Å². The van der Waals surface area contributed by atoms with Crippen LogP contribution in [0.1, 0.15) is 31.9 Å². The van der Waals surface area contributed by atoms with Gasteiger partial charge in [-0.15, -0.1) is 0 Å². The van der Waals surface area contributed by atoms with E-state index in [1.54, 1.807) is 6.20 Å². The van der Waals surface area contributed by atoms with Gasteiger partial charge < -0.3 is 4.57 Å². The molecule has 0 bridgehead atoms. The molecule has 0 fully saturated rings. The van der Waals surface area contributed by atoms with Gasteiger partial charge in [0.15, 0.2) is 0 Å². The second-order valence-corrected chi connectivity index (χ2v) is 7.85. The zero-order valence-corrected chi connectivity index (χ0v) is 16.0. The van der Waals surface area contributed by atoms with Crippen LogP contribution >= 0.6 is 0 Å². The largest absolute Gasteiger partial charge is 0.333 e. The third kappa shape index (κ3) is 3.70. The first-order valence-corrected chi connectivity index (χ1v) is 9.21. The van der Waals surface area contributed by atoms with Gasteiger partial charge in [-0.05, 0) is 23.1 Å². The van der Waals surface area contributed by atoms with Gasteiger partial charge in [0.25, 0.3) is 0 Å². The molecule has 0 saturated carbocycles. The summed E-state index contributed by atoms with van der Waals surface area (Å²) in [5, 5.41) is 4.91. The van der Waals surface area contributed by atoms with Crippen molar-refractivity contribution in [1.29, 1.82) is 0 Å². The lowest BCUT2D eigenvalue weighted by Crippen LogP contribution is -2.10. The van der Waals surface area contributed by atoms with Crippen LogP contribution in [0.2, 0.25) is 0 Å². The summed E-state index contributed by atoms with van der Waals surface area (Å²) >= 11 is 0. The van der Waals surface area contributed by atoms with E-state index < -0.39 is 0 Å². The van der Waals surface area contributed by atoms with Crippen LogP contribution in [0.15, 0.2) is 79.5 Å². The summed E-state index contributed by atoms with van der Waals surface area (Å²) in [4.78, 5) is 4.16. The first-order valence-electron chi connectivity index (χ1n) is 9.21. The molecule has 0 unspecified atom stereocenters. The Hall–Kier alpha value is -3.14. The van der Waals surface area contributed by atoms with E-state index in [1.807, 2.05) is 35.4 Å². The Morgan fingerprint density at radius 2 is 1.67 bits per heavy atom. The molecular formula is C23H24N4. The first-order chi connectivity index (χ1) is 13.0. The van der Waals surface area contributed by atoms with Gasteiger partial charge in [0.05, 0.1) is 24.3 Å². The van der Waals surface area contributed by atoms with Crippen molar-refractivity contribution in [2.45, 2.75) is 32.7 Å². The van der Waals surface area contributed by atoms with Crippen molar-refractivity contribution in [3.63, 3.8) is 0 Å². The standard InChI is InChI=1S/C23H24N4/c1-23(2,3)20-11-9-18(10-12-20)22-19(15-26-14-13-24-17-26)16-27(25-22)21-7-5-4-6-8-21/h4-14,16-17H,15H2,1-3H3. The fourth-order valence-electron chi connectivity index (χ4n) is 3.19. The fraction of sp³-hybridized carbons (Fsp3) is 0.217. The second-order valence-electron chi connectivity index (χ2n) is 7.85. The number of nitrogens with zero attached hydrogens (tertiary/aromatic N) is 4. The molecule has 0 aliphatic rings. The molecule has 0 aliphatic heterocycles. The van der Waals surface area contributed by atoms with E-state index in [9.17, 15) is 0 Å². The van der Waals surface area contributed by atoms with E-state index in [-0.39, 0.29) is 5.41 Å². The number of aromatic nitrogens is 4. The Balaban J connectivity index is 1.76. The van der Waals surface area contributed by atoms with Gasteiger partial charge in [0, 0.05) is 29.7 Å². The van der Waals surface area contributed by atoms with Crippen LogP contribution in [-0.2, 0) is 12.0 Å². The molecule has 0 aliphatic carbocycles. The van der Waals surface area contributed by atoms with E-state index in [2.05, 4.69) is 72.9 Å². The molecule has 4 aromatic rings. The van der Waals surface area contributed by atoms with Crippen molar-refractivity contribution in [3.05, 3.63) is 90.6 Å². The first kappa shape index (κ1) is 17.3. The summed E-state index contributed by atoms with van der Waals surface area (Å²) in [6.07, 6.45) is 7.74. The highest BCUT2D eigenvalue weighted by molar-refractivity contribution is 5.64. The molecule has 136 valence electrons. The topological polar surface area (TPSA) is 35.6 Å². The Morgan fingerprint density at radius 1 is 0.926 bits per heavy atom. The van der Waals surface area contributed by atoms with Gasteiger partial charge in [0.2, 0.25) is 0 Å². The predicted molar refractivity (Wildman–Crippen MR) is 109 cm³/mol. The number of hydrogen-bond donors (Lipinski definition) is 0. The average molecular weight is 356 g/mol. The van der Waals surface area contributed by atoms with Crippen LogP contribution in [0.4, 0.5) is 0 Å². The maximum atomic E-state index is 4.91. The molecule has 2 aromatic carbocycles. The molecule has 4 rings (SSSR count). The Kier molecular flexibility index (Phi) is 4.40. The molecular weight excluding hydrogens is 332 g/mol. The molecule has 0 saturated heterocycles. The van der Waals surface area contributed by atoms with Gasteiger partial charge in [-0.25, -0.2) is 9.67 Å². The number of benzene rings is 2. The molecule has 27 heavy (non-hydrogen) atoms. The minimum atomic E-state index is 0.140. The number of hydrogen-bond acceptors (Lipinski definition) is 2. The van der Waals surface area contributed by atoms with Crippen LogP contribution in [0.3, 0.4) is 0 Å². The maximum absolute atomic E-state index is 4.91. The highest BCUT2D eigenvalue weighted by Crippen LogP contribution is 2.28. The Labute approximate surface area is 160 Å². The van der Waals surface area contributed by atoms with Crippen molar-refractivity contribution in [2.75, 3.05) is 0 Å². The lowest BCUT2D eigenvalue weighted by molar-refractivity contribution is 0.590. The van der Waals surface area contributed by atoms with Crippen molar-refractivity contribution in [3.8, 4) is 16.9 Å². The number of rotatable bonds is 4. The van der Waals surface area contributed by atoms with E-state index in [4.69, 9.17) is 5.10 Å². The van der Waals surface area contributed by atoms with Crippen molar-refractivity contribution in [1.82, 2.24) is 19.3 Å². The average Bonchev–Trinajstić information content (AvgIpc) is 3.32. The van der Waals surface area contributed by atoms with E-state index in [0.29, 0.717) is 0 Å². The molecule has 0 radical (unpaired) electrons. The summed E-state index contributed by atoms with van der Waals surface area (Å²) in [5.74, 6) is 0. The smallest absolute Gasteiger partial charge is 0.0977 e. The number of imidazole rings is 1. The third-order valence-electron chi connectivity index (χ3n) is 4.75. The van der Waals surface area contributed by atoms with Crippen molar-refractivity contribution in [2.24, 2.45) is 0 Å². The van der Waals surface area contributed by atoms with Gasteiger partial charge in [-0.3, -0.25) is 0 Å². The summed E-state index contributed by atoms with van der Waals surface area (Å²) in [6, 6.07) is 19.0. The van der Waals surface area contributed by atoms with Crippen LogP contribution in [0.5, 0.6) is 0 Å². The van der Waals surface area contributed by atoms with Gasteiger partial charge in [-0.1, -0.05) is 63.2 Å². The summed E-state index contributed by atoms with van der Waals surface area (Å²) in [7, 11) is 0. The summed E-state index contributed by atoms with van der Waals surface area (Å²) < 4.78 is 4.03. The predicted octanol–water partition coefficient (Wildman–Crippen LogP) is 5.08. The number of para-hydroxylation sites is 1. The molecule has 0 atom stereocenters. The molecule has 0 N–H and O–H groups in total. The monoisotopic (exact) mass is 356 g/mol. The third-order valence-corrected chi connectivity index (χ3v) is 4.75. The van der Waals surface area contributed by atoms with Crippen LogP contribution in [0.25, 0.3) is 16.9 Å². The molecule has 2 heterocycles. The molecule has 2 aromatic heterocycles. The SMILES string of the molecule is CC(C)(C)c1ccc(-c2nn(-c3ccccc3)cc2Cn2ccnc2)cc1. The van der Waals surface area contributed by atoms with Crippen molar-refractivity contribution < 1.29 is 0 Å². The van der Waals surface area contributed by atoms with Crippen molar-refractivity contribution >= 4 is 0 Å². The lowest BCUT2D eigenvalue weighted by Gasteiger charge is -2.19. The van der Waals surface area contributed by atoms with E-state index >= 15 is 0 Å². The Morgan fingerprint density at radius 3 is 2.30 bits per heavy atom. The quantitative estimate of drug-likeness (QED) is 0.511. The zero-order chi connectivity index (χ0) is 18.9. The van der Waals surface area contributed by atoms with E-state index in [1.165, 1.54) is 11.1 Å². The summed E-state index contributed by atoms with van der Waals surface area (Å²) in [6.45, 7) is 7.44. The fourth-order valence-corrected chi connectivity index (χ4v) is 3.19. The molecule has 0 spiro atoms. The summed E-state index contributed by atoms with van der Waals surface area (Å²) in [5.41, 5.74) is 5.83. The minimum Gasteiger partial charge on any atom is -0.333 e. The highest BCUT2D eigenvalue weighted by Gasteiger charge is 2.16. The normalized spacial score (nSPS) is 11.7. The molecule has 4 nitrogen and oxygen atoms in total. The second kappa shape index (κ2) is 6.88. The zero-order valence-electron chi connectivity index (χ0n) is 16.0. The van der Waals surface area contributed by atoms with Crippen LogP contribution in [0, 0.1) is 0 Å². The minimum absolute atomic E-state index is 0.140. The Bertz CT molecular complexity index is 1000. The molecule has 0 amide bonds. The molecule has 4 heteroatoms.